The van der Waals surface area contributed by atoms with Crippen molar-refractivity contribution in [2.45, 2.75) is 32.8 Å². The van der Waals surface area contributed by atoms with E-state index in [4.69, 9.17) is 14.6 Å². The van der Waals surface area contributed by atoms with Gasteiger partial charge in [0.1, 0.15) is 17.2 Å². The van der Waals surface area contributed by atoms with Crippen LogP contribution in [0.25, 0.3) is 16.9 Å². The normalized spacial score (nSPS) is 11.5. The molecule has 0 aliphatic carbocycles. The lowest BCUT2D eigenvalue weighted by Gasteiger charge is -2.14. The van der Waals surface area contributed by atoms with Gasteiger partial charge >= 0.3 is 12.5 Å². The van der Waals surface area contributed by atoms with Crippen molar-refractivity contribution >= 4 is 17.8 Å². The maximum atomic E-state index is 12.7. The molecule has 0 fully saturated rings. The zero-order valence-electron chi connectivity index (χ0n) is 20.6. The second kappa shape index (κ2) is 12.0. The summed E-state index contributed by atoms with van der Waals surface area (Å²) in [6.07, 6.45) is -6.98. The lowest BCUT2D eigenvalue weighted by atomic mass is 10.0. The molecule has 208 valence electrons. The van der Waals surface area contributed by atoms with Gasteiger partial charge in [0.15, 0.2) is 5.65 Å². The Balaban J connectivity index is 0.00000134. The average Bonchev–Trinajstić information content (AvgIpc) is 3.25. The molecule has 0 saturated carbocycles. The van der Waals surface area contributed by atoms with E-state index in [9.17, 15) is 26.3 Å². The average molecular weight is 555 g/mol. The van der Waals surface area contributed by atoms with Crippen LogP contribution in [0.15, 0.2) is 60.9 Å². The van der Waals surface area contributed by atoms with Gasteiger partial charge in [-0.15, -0.1) is 13.2 Å². The molecule has 2 aromatic heterocycles. The molecule has 0 aliphatic rings. The summed E-state index contributed by atoms with van der Waals surface area (Å²) in [4.78, 5) is 12.8. The number of aromatic nitrogens is 2. The summed E-state index contributed by atoms with van der Waals surface area (Å²) in [6, 6.07) is 12.1. The van der Waals surface area contributed by atoms with E-state index in [-0.39, 0.29) is 24.5 Å². The first-order valence-electron chi connectivity index (χ1n) is 11.3. The number of imidazole rings is 1. The van der Waals surface area contributed by atoms with Crippen molar-refractivity contribution in [2.75, 3.05) is 11.9 Å². The lowest BCUT2D eigenvalue weighted by molar-refractivity contribution is -0.274. The Kier molecular flexibility index (Phi) is 8.94. The van der Waals surface area contributed by atoms with Crippen molar-refractivity contribution in [3.63, 3.8) is 0 Å². The fourth-order valence-corrected chi connectivity index (χ4v) is 3.55. The summed E-state index contributed by atoms with van der Waals surface area (Å²) in [7, 11) is 0. The second-order valence-corrected chi connectivity index (χ2v) is 8.24. The number of carbonyl (C=O) groups is 1. The summed E-state index contributed by atoms with van der Waals surface area (Å²) in [6.45, 7) is 3.32. The molecule has 0 radical (unpaired) electrons. The Labute approximate surface area is 218 Å². The van der Waals surface area contributed by atoms with Crippen LogP contribution in [0.2, 0.25) is 0 Å². The molecule has 4 rings (SSSR count). The Hall–Kier alpha value is -4.42. The smallest absolute Gasteiger partial charge is 0.483 e. The number of pyridine rings is 1. The number of aryl methyl sites for hydroxylation is 2. The molecule has 0 aliphatic heterocycles. The van der Waals surface area contributed by atoms with Crippen molar-refractivity contribution in [3.05, 3.63) is 72.1 Å². The number of ether oxygens (including phenoxy) is 2. The zero-order valence-corrected chi connectivity index (χ0v) is 20.6. The molecule has 0 atom stereocenters. The van der Waals surface area contributed by atoms with Gasteiger partial charge in [-0.2, -0.15) is 13.2 Å². The number of rotatable bonds is 7. The molecule has 2 aromatic carbocycles. The molecule has 2 heterocycles. The molecular weight excluding hydrogens is 532 g/mol. The maximum absolute atomic E-state index is 12.7. The van der Waals surface area contributed by atoms with Crippen LogP contribution in [0, 0.1) is 13.8 Å². The summed E-state index contributed by atoms with van der Waals surface area (Å²) >= 11 is 0. The molecule has 0 spiro atoms. The number of benzene rings is 2. The summed E-state index contributed by atoms with van der Waals surface area (Å²) in [5.41, 5.74) is 4.39. The quantitative estimate of drug-likeness (QED) is 0.183. The molecule has 7 nitrogen and oxygen atoms in total. The van der Waals surface area contributed by atoms with Crippen molar-refractivity contribution < 1.29 is 45.7 Å². The Morgan fingerprint density at radius 3 is 2.18 bits per heavy atom. The van der Waals surface area contributed by atoms with Gasteiger partial charge in [0.25, 0.3) is 6.47 Å². The third kappa shape index (κ3) is 8.28. The maximum Gasteiger partial charge on any atom is 0.573 e. The van der Waals surface area contributed by atoms with E-state index >= 15 is 0 Å². The zero-order chi connectivity index (χ0) is 28.8. The third-order valence-electron chi connectivity index (χ3n) is 5.40. The number of nitrogens with zero attached hydrogens (tertiary/aromatic N) is 2. The Bertz CT molecular complexity index is 1420. The van der Waals surface area contributed by atoms with Crippen molar-refractivity contribution in [2.24, 2.45) is 0 Å². The molecule has 0 saturated heterocycles. The molecule has 2 N–H and O–H groups in total. The van der Waals surface area contributed by atoms with Crippen LogP contribution in [0.4, 0.5) is 32.0 Å². The first-order chi connectivity index (χ1) is 18.3. The lowest BCUT2D eigenvalue weighted by Crippen LogP contribution is -2.16. The predicted octanol–water partition coefficient (Wildman–Crippen LogP) is 7.37. The molecule has 0 bridgehead atoms. The van der Waals surface area contributed by atoms with Gasteiger partial charge in [-0.1, -0.05) is 12.1 Å². The molecule has 39 heavy (non-hydrogen) atoms. The minimum absolute atomic E-state index is 0.206. The molecular formula is C26H23F6N3O4. The fraction of sp³-hybridized carbons (Fsp3) is 0.231. The summed E-state index contributed by atoms with van der Waals surface area (Å²) in [5, 5.41) is 9.65. The highest BCUT2D eigenvalue weighted by Crippen LogP contribution is 2.33. The van der Waals surface area contributed by atoms with Gasteiger partial charge in [-0.05, 0) is 55.3 Å². The highest BCUT2D eigenvalue weighted by molar-refractivity contribution is 5.75. The van der Waals surface area contributed by atoms with E-state index in [0.29, 0.717) is 17.0 Å². The SMILES string of the molecule is Cc1ccc(-c2cnc3c(NCCC(F)(F)F)cc(Oc4ccc(OC(F)(F)F)cc4)cn23)cc1C.O=CO. The Morgan fingerprint density at radius 2 is 1.59 bits per heavy atom. The van der Waals surface area contributed by atoms with Crippen LogP contribution in [-0.2, 0) is 4.79 Å². The summed E-state index contributed by atoms with van der Waals surface area (Å²) < 4.78 is 86.7. The van der Waals surface area contributed by atoms with Crippen molar-refractivity contribution in [1.82, 2.24) is 9.38 Å². The standard InChI is InChI=1S/C25H21F6N3O2.CH2O2/c1-15-3-4-17(11-16(15)2)22-13-33-23-21(32-10-9-24(26,27)28)12-20(14-34(22)23)35-18-5-7-19(8-6-18)36-25(29,30)31;2-1-3/h3-8,11-14,32H,9-10H2,1-2H3;1H,(H,2,3). The monoisotopic (exact) mass is 555 g/mol. The highest BCUT2D eigenvalue weighted by atomic mass is 19.4. The van der Waals surface area contributed by atoms with Crippen molar-refractivity contribution in [3.8, 4) is 28.5 Å². The van der Waals surface area contributed by atoms with Crippen LogP contribution < -0.4 is 14.8 Å². The number of nitrogens with one attached hydrogen (secondary N) is 1. The molecule has 4 aromatic rings. The van der Waals surface area contributed by atoms with E-state index in [1.165, 1.54) is 18.2 Å². The van der Waals surface area contributed by atoms with E-state index < -0.39 is 24.7 Å². The van der Waals surface area contributed by atoms with Gasteiger partial charge in [0.05, 0.1) is 30.2 Å². The van der Waals surface area contributed by atoms with Gasteiger partial charge in [-0.25, -0.2) is 4.98 Å². The largest absolute Gasteiger partial charge is 0.573 e. The first kappa shape index (κ1) is 29.1. The predicted molar refractivity (Wildman–Crippen MR) is 131 cm³/mol. The van der Waals surface area contributed by atoms with Gasteiger partial charge < -0.3 is 19.9 Å². The Morgan fingerprint density at radius 1 is 0.949 bits per heavy atom. The van der Waals surface area contributed by atoms with Crippen LogP contribution in [-0.4, -0.2) is 40.0 Å². The number of hydrogen-bond donors (Lipinski definition) is 2. The third-order valence-corrected chi connectivity index (χ3v) is 5.40. The van der Waals surface area contributed by atoms with E-state index in [1.807, 2.05) is 32.0 Å². The van der Waals surface area contributed by atoms with Crippen LogP contribution >= 0.6 is 0 Å². The van der Waals surface area contributed by atoms with E-state index in [1.54, 1.807) is 16.8 Å². The van der Waals surface area contributed by atoms with Gasteiger partial charge in [0, 0.05) is 18.2 Å². The fourth-order valence-electron chi connectivity index (χ4n) is 3.55. The molecule has 0 amide bonds. The van der Waals surface area contributed by atoms with E-state index in [2.05, 4.69) is 15.0 Å². The number of halogens is 6. The first-order valence-corrected chi connectivity index (χ1v) is 11.3. The highest BCUT2D eigenvalue weighted by Gasteiger charge is 2.31. The molecule has 0 unspecified atom stereocenters. The number of alkyl halides is 6. The van der Waals surface area contributed by atoms with Crippen LogP contribution in [0.1, 0.15) is 17.5 Å². The van der Waals surface area contributed by atoms with Gasteiger partial charge in [0.2, 0.25) is 0 Å². The van der Waals surface area contributed by atoms with E-state index in [0.717, 1.165) is 28.8 Å². The number of hydrogen-bond acceptors (Lipinski definition) is 5. The minimum atomic E-state index is -4.82. The van der Waals surface area contributed by atoms with Crippen molar-refractivity contribution in [1.29, 1.82) is 0 Å². The van der Waals surface area contributed by atoms with Gasteiger partial charge in [-0.3, -0.25) is 9.20 Å². The van der Waals surface area contributed by atoms with Crippen LogP contribution in [0.3, 0.4) is 0 Å². The topological polar surface area (TPSA) is 85.1 Å². The number of carboxylic acid groups (broad SMARTS) is 1. The van der Waals surface area contributed by atoms with Crippen LogP contribution in [0.5, 0.6) is 17.2 Å². The second-order valence-electron chi connectivity index (χ2n) is 8.24. The number of anilines is 1. The summed E-state index contributed by atoms with van der Waals surface area (Å²) in [5.74, 6) is 0.0361. The number of fused-ring (bicyclic) bond motifs is 1. The minimum Gasteiger partial charge on any atom is -0.483 e. The molecule has 13 heteroatoms.